The van der Waals surface area contributed by atoms with Gasteiger partial charge in [-0.05, 0) is 31.7 Å². The van der Waals surface area contributed by atoms with E-state index in [0.717, 1.165) is 36.3 Å². The van der Waals surface area contributed by atoms with Crippen LogP contribution in [0, 0.1) is 0 Å². The second kappa shape index (κ2) is 4.79. The van der Waals surface area contributed by atoms with E-state index < -0.39 is 36.8 Å². The summed E-state index contributed by atoms with van der Waals surface area (Å²) < 4.78 is 33.0. The highest BCUT2D eigenvalue weighted by Crippen LogP contribution is 2.48. The molecule has 0 aromatic carbocycles. The number of hydrogen-bond acceptors (Lipinski definition) is 3. The predicted molar refractivity (Wildman–Crippen MR) is 74.7 cm³/mol. The first-order valence-corrected chi connectivity index (χ1v) is 7.91. The molecule has 7 heteroatoms. The molecule has 23 heavy (non-hydrogen) atoms. The van der Waals surface area contributed by atoms with Gasteiger partial charge in [0, 0.05) is 18.3 Å². The second-order valence-corrected chi connectivity index (χ2v) is 6.82. The number of carbonyl (C=O) groups is 2. The lowest BCUT2D eigenvalue weighted by atomic mass is 10.1. The molecule has 0 unspecified atom stereocenters. The molecule has 2 aliphatic carbocycles. The molecule has 3 aliphatic rings. The van der Waals surface area contributed by atoms with Crippen molar-refractivity contribution < 1.29 is 27.9 Å². The highest BCUT2D eigenvalue weighted by Gasteiger charge is 2.51. The van der Waals surface area contributed by atoms with Gasteiger partial charge in [-0.15, -0.1) is 0 Å². The van der Waals surface area contributed by atoms with Gasteiger partial charge in [0.15, 0.2) is 0 Å². The summed E-state index contributed by atoms with van der Waals surface area (Å²) in [6.45, 7) is -0.850. The van der Waals surface area contributed by atoms with Gasteiger partial charge in [0.2, 0.25) is 0 Å². The number of carbonyl (C=O) groups excluding carboxylic acids is 1. The van der Waals surface area contributed by atoms with Crippen molar-refractivity contribution in [1.29, 1.82) is 0 Å². The largest absolute Gasteiger partial charge is 0.480 e. The van der Waals surface area contributed by atoms with Crippen molar-refractivity contribution >= 4 is 11.9 Å². The monoisotopic (exact) mass is 325 g/mol. The number of nitrogens with zero attached hydrogens (tertiary/aromatic N) is 1. The number of likely N-dealkylation sites (tertiary alicyclic amines) is 1. The van der Waals surface area contributed by atoms with E-state index in [2.05, 4.69) is 0 Å². The van der Waals surface area contributed by atoms with Crippen LogP contribution in [0.4, 0.5) is 8.78 Å². The van der Waals surface area contributed by atoms with Crippen LogP contribution < -0.4 is 0 Å². The number of hydrogen-bond donors (Lipinski definition) is 1. The van der Waals surface area contributed by atoms with Gasteiger partial charge in [-0.25, -0.2) is 13.6 Å². The topological polar surface area (TPSA) is 70.8 Å². The predicted octanol–water partition coefficient (Wildman–Crippen LogP) is 2.97. The van der Waals surface area contributed by atoms with Crippen molar-refractivity contribution in [2.24, 2.45) is 0 Å². The minimum absolute atomic E-state index is 0.160. The summed E-state index contributed by atoms with van der Waals surface area (Å²) in [4.78, 5) is 24.8. The van der Waals surface area contributed by atoms with Gasteiger partial charge in [-0.2, -0.15) is 0 Å². The summed E-state index contributed by atoms with van der Waals surface area (Å²) in [5, 5.41) is 9.16. The molecule has 1 aliphatic heterocycles. The number of alkyl halides is 2. The molecule has 0 bridgehead atoms. The van der Waals surface area contributed by atoms with E-state index in [1.54, 1.807) is 6.07 Å². The Morgan fingerprint density at radius 1 is 1.22 bits per heavy atom. The lowest BCUT2D eigenvalue weighted by Crippen LogP contribution is -2.40. The van der Waals surface area contributed by atoms with Crippen LogP contribution in [-0.2, 0) is 4.79 Å². The second-order valence-electron chi connectivity index (χ2n) is 6.82. The van der Waals surface area contributed by atoms with E-state index in [0.29, 0.717) is 11.7 Å². The Morgan fingerprint density at radius 3 is 2.43 bits per heavy atom. The number of furan rings is 1. The molecule has 5 nitrogen and oxygen atoms in total. The summed E-state index contributed by atoms with van der Waals surface area (Å²) in [5.74, 6) is -3.45. The molecule has 1 amide bonds. The molecule has 0 spiro atoms. The molecular weight excluding hydrogens is 308 g/mol. The zero-order chi connectivity index (χ0) is 16.4. The highest BCUT2D eigenvalue weighted by atomic mass is 19.3. The Hall–Kier alpha value is -1.92. The number of amides is 1. The van der Waals surface area contributed by atoms with Crippen LogP contribution in [0.25, 0.3) is 0 Å². The van der Waals surface area contributed by atoms with Crippen LogP contribution in [0.2, 0.25) is 0 Å². The fourth-order valence-corrected chi connectivity index (χ4v) is 3.22. The van der Waals surface area contributed by atoms with Crippen LogP contribution in [0.5, 0.6) is 0 Å². The smallest absolute Gasteiger partial charge is 0.326 e. The van der Waals surface area contributed by atoms with Gasteiger partial charge >= 0.3 is 5.97 Å². The normalized spacial score (nSPS) is 26.5. The van der Waals surface area contributed by atoms with Crippen LogP contribution in [0.15, 0.2) is 10.5 Å². The molecule has 1 aromatic heterocycles. The Labute approximate surface area is 131 Å². The quantitative estimate of drug-likeness (QED) is 0.924. The van der Waals surface area contributed by atoms with Gasteiger partial charge in [0.1, 0.15) is 17.6 Å². The molecule has 124 valence electrons. The third-order valence-electron chi connectivity index (χ3n) is 4.75. The third kappa shape index (κ3) is 2.62. The van der Waals surface area contributed by atoms with Crippen molar-refractivity contribution in [3.63, 3.8) is 0 Å². The van der Waals surface area contributed by atoms with E-state index in [-0.39, 0.29) is 11.5 Å². The van der Waals surface area contributed by atoms with Crippen LogP contribution in [0.1, 0.15) is 65.8 Å². The average molecular weight is 325 g/mol. The zero-order valence-electron chi connectivity index (χ0n) is 12.4. The van der Waals surface area contributed by atoms with Gasteiger partial charge < -0.3 is 14.4 Å². The van der Waals surface area contributed by atoms with Crippen molar-refractivity contribution in [3.05, 3.63) is 23.2 Å². The summed E-state index contributed by atoms with van der Waals surface area (Å²) >= 11 is 0. The average Bonchev–Trinajstić information content (AvgIpc) is 3.40. The van der Waals surface area contributed by atoms with Gasteiger partial charge in [0.05, 0.1) is 12.1 Å². The first-order valence-electron chi connectivity index (χ1n) is 7.91. The van der Waals surface area contributed by atoms with Crippen LogP contribution in [0.3, 0.4) is 0 Å². The molecule has 2 heterocycles. The first-order chi connectivity index (χ1) is 10.9. The molecular formula is C16H17F2NO4. The standard InChI is InChI=1S/C16H17F2NO4/c17-16(18)6-11(15(21)22)19(7-16)14(20)10-5-12(8-1-2-8)23-13(10)9-3-4-9/h5,8-9,11H,1-4,6-7H2,(H,21,22)/t11-/m0/s1. The third-order valence-corrected chi connectivity index (χ3v) is 4.75. The van der Waals surface area contributed by atoms with E-state index in [4.69, 9.17) is 9.52 Å². The molecule has 1 atom stereocenters. The van der Waals surface area contributed by atoms with E-state index in [1.807, 2.05) is 0 Å². The van der Waals surface area contributed by atoms with Gasteiger partial charge in [-0.1, -0.05) is 0 Å². The molecule has 1 N–H and O–H groups in total. The highest BCUT2D eigenvalue weighted by molar-refractivity contribution is 5.98. The van der Waals surface area contributed by atoms with Gasteiger partial charge in [-0.3, -0.25) is 4.79 Å². The summed E-state index contributed by atoms with van der Waals surface area (Å²) in [5.41, 5.74) is 0.276. The molecule has 0 radical (unpaired) electrons. The fourth-order valence-electron chi connectivity index (χ4n) is 3.22. The Kier molecular flexibility index (Phi) is 3.05. The summed E-state index contributed by atoms with van der Waals surface area (Å²) in [7, 11) is 0. The number of aliphatic carboxylic acids is 1. The Morgan fingerprint density at radius 2 is 1.87 bits per heavy atom. The van der Waals surface area contributed by atoms with E-state index >= 15 is 0 Å². The minimum atomic E-state index is -3.17. The molecule has 3 fully saturated rings. The lowest BCUT2D eigenvalue weighted by molar-refractivity contribution is -0.141. The number of halogens is 2. The van der Waals surface area contributed by atoms with E-state index in [9.17, 15) is 18.4 Å². The van der Waals surface area contributed by atoms with Crippen molar-refractivity contribution in [1.82, 2.24) is 4.90 Å². The number of rotatable bonds is 4. The van der Waals surface area contributed by atoms with E-state index in [1.165, 1.54) is 0 Å². The van der Waals surface area contributed by atoms with Crippen molar-refractivity contribution in [2.75, 3.05) is 6.54 Å². The maximum atomic E-state index is 13.6. The minimum Gasteiger partial charge on any atom is -0.480 e. The molecule has 1 aromatic rings. The first kappa shape index (κ1) is 14.7. The maximum Gasteiger partial charge on any atom is 0.326 e. The van der Waals surface area contributed by atoms with Crippen LogP contribution >= 0.6 is 0 Å². The van der Waals surface area contributed by atoms with Crippen molar-refractivity contribution in [2.45, 2.75) is 55.9 Å². The number of carboxylic acids is 1. The molecule has 2 saturated carbocycles. The lowest BCUT2D eigenvalue weighted by Gasteiger charge is -2.20. The van der Waals surface area contributed by atoms with Crippen LogP contribution in [-0.4, -0.2) is 40.4 Å². The Bertz CT molecular complexity index is 676. The zero-order valence-corrected chi connectivity index (χ0v) is 12.4. The van der Waals surface area contributed by atoms with Crippen molar-refractivity contribution in [3.8, 4) is 0 Å². The SMILES string of the molecule is O=C(O)[C@@H]1CC(F)(F)CN1C(=O)c1cc(C2CC2)oc1C1CC1. The number of carboxylic acid groups (broad SMARTS) is 1. The maximum absolute atomic E-state index is 13.6. The molecule has 1 saturated heterocycles. The Balaban J connectivity index is 1.66. The summed E-state index contributed by atoms with van der Waals surface area (Å²) in [6, 6.07) is 0.159. The summed E-state index contributed by atoms with van der Waals surface area (Å²) in [6.07, 6.45) is 3.00. The molecule has 4 rings (SSSR count). The fraction of sp³-hybridized carbons (Fsp3) is 0.625. The van der Waals surface area contributed by atoms with Gasteiger partial charge in [0.25, 0.3) is 11.8 Å².